The lowest BCUT2D eigenvalue weighted by atomic mass is 9.88. The molecule has 1 fully saturated rings. The standard InChI is InChI=1S/C24H25NO5S/c1-30-23(27)24(14-5-2-6-15-24)31(28,29)18-11-9-17(10-12-18)22(26)20-13-16-25-21-8-4-3-7-19(20)21/h3-4,7-13,16,22,26H,2,5-6,14-15H2,1H3. The van der Waals surface area contributed by atoms with Crippen LogP contribution < -0.4 is 0 Å². The smallest absolute Gasteiger partial charge is 0.327 e. The Morgan fingerprint density at radius 2 is 1.71 bits per heavy atom. The summed E-state index contributed by atoms with van der Waals surface area (Å²) in [6.07, 6.45) is 3.46. The maximum absolute atomic E-state index is 13.5. The molecule has 162 valence electrons. The molecule has 0 saturated heterocycles. The Bertz CT molecular complexity index is 1190. The van der Waals surface area contributed by atoms with E-state index < -0.39 is 26.7 Å². The summed E-state index contributed by atoms with van der Waals surface area (Å²) < 4.78 is 30.3. The normalized spacial score (nSPS) is 17.2. The first kappa shape index (κ1) is 21.5. The maximum atomic E-state index is 13.5. The SMILES string of the molecule is COC(=O)C1(S(=O)(=O)c2ccc(C(O)c3ccnc4ccccc34)cc2)CCCCC1. The second-order valence-electron chi connectivity index (χ2n) is 7.94. The number of fused-ring (bicyclic) bond motifs is 1. The van der Waals surface area contributed by atoms with Gasteiger partial charge >= 0.3 is 5.97 Å². The molecule has 6 nitrogen and oxygen atoms in total. The minimum atomic E-state index is -3.94. The number of esters is 1. The molecule has 1 saturated carbocycles. The lowest BCUT2D eigenvalue weighted by Gasteiger charge is -2.33. The van der Waals surface area contributed by atoms with E-state index in [1.165, 1.54) is 19.2 Å². The largest absolute Gasteiger partial charge is 0.468 e. The molecule has 1 aliphatic carbocycles. The summed E-state index contributed by atoms with van der Waals surface area (Å²) in [6.45, 7) is 0. The molecule has 1 atom stereocenters. The van der Waals surface area contributed by atoms with Gasteiger partial charge in [0.05, 0.1) is 17.5 Å². The number of aliphatic hydroxyl groups is 1. The predicted molar refractivity (Wildman–Crippen MR) is 117 cm³/mol. The minimum absolute atomic E-state index is 0.0651. The molecule has 1 unspecified atom stereocenters. The molecular formula is C24H25NO5S. The first-order chi connectivity index (χ1) is 14.9. The zero-order chi connectivity index (χ0) is 22.1. The van der Waals surface area contributed by atoms with E-state index >= 15 is 0 Å². The van der Waals surface area contributed by atoms with Crippen molar-refractivity contribution in [3.8, 4) is 0 Å². The Kier molecular flexibility index (Phi) is 5.81. The number of carbonyl (C=O) groups excluding carboxylic acids is 1. The third-order valence-corrected chi connectivity index (χ3v) is 8.71. The third kappa shape index (κ3) is 3.62. The summed E-state index contributed by atoms with van der Waals surface area (Å²) in [5.74, 6) is -0.695. The van der Waals surface area contributed by atoms with Gasteiger partial charge in [0.25, 0.3) is 0 Å². The quantitative estimate of drug-likeness (QED) is 0.605. The maximum Gasteiger partial charge on any atom is 0.327 e. The average molecular weight is 440 g/mol. The van der Waals surface area contributed by atoms with Crippen LogP contribution >= 0.6 is 0 Å². The molecule has 1 heterocycles. The number of sulfone groups is 1. The zero-order valence-electron chi connectivity index (χ0n) is 17.3. The lowest BCUT2D eigenvalue weighted by Crippen LogP contribution is -2.48. The highest BCUT2D eigenvalue weighted by Crippen LogP contribution is 2.40. The molecule has 7 heteroatoms. The van der Waals surface area contributed by atoms with Crippen molar-refractivity contribution in [2.45, 2.75) is 47.9 Å². The summed E-state index contributed by atoms with van der Waals surface area (Å²) >= 11 is 0. The van der Waals surface area contributed by atoms with Crippen molar-refractivity contribution >= 4 is 26.7 Å². The van der Waals surface area contributed by atoms with E-state index in [4.69, 9.17) is 4.74 Å². The van der Waals surface area contributed by atoms with Gasteiger partial charge in [-0.2, -0.15) is 0 Å². The number of rotatable bonds is 5. The van der Waals surface area contributed by atoms with E-state index in [9.17, 15) is 18.3 Å². The van der Waals surface area contributed by atoms with E-state index in [-0.39, 0.29) is 17.7 Å². The first-order valence-electron chi connectivity index (χ1n) is 10.4. The van der Waals surface area contributed by atoms with Gasteiger partial charge in [-0.05, 0) is 48.2 Å². The van der Waals surface area contributed by atoms with Gasteiger partial charge in [0.2, 0.25) is 0 Å². The van der Waals surface area contributed by atoms with E-state index in [1.54, 1.807) is 24.4 Å². The van der Waals surface area contributed by atoms with E-state index in [0.717, 1.165) is 17.3 Å². The third-order valence-electron chi connectivity index (χ3n) is 6.22. The Hall–Kier alpha value is -2.77. The highest BCUT2D eigenvalue weighted by Gasteiger charge is 2.52. The molecule has 1 aromatic heterocycles. The fourth-order valence-electron chi connectivity index (χ4n) is 4.48. The number of aromatic nitrogens is 1. The molecule has 3 aromatic rings. The number of benzene rings is 2. The summed E-state index contributed by atoms with van der Waals surface area (Å²) in [5, 5.41) is 11.8. The second kappa shape index (κ2) is 8.40. The Morgan fingerprint density at radius 1 is 1.03 bits per heavy atom. The van der Waals surface area contributed by atoms with Crippen LogP contribution in [0.25, 0.3) is 10.9 Å². The number of hydrogen-bond acceptors (Lipinski definition) is 6. The van der Waals surface area contributed by atoms with Gasteiger partial charge in [0.1, 0.15) is 6.10 Å². The van der Waals surface area contributed by atoms with Crippen LogP contribution in [-0.2, 0) is 19.4 Å². The van der Waals surface area contributed by atoms with Crippen LogP contribution in [-0.4, -0.2) is 36.3 Å². The van der Waals surface area contributed by atoms with Crippen LogP contribution in [0.2, 0.25) is 0 Å². The molecule has 1 aliphatic rings. The number of hydrogen-bond donors (Lipinski definition) is 1. The number of carbonyl (C=O) groups is 1. The lowest BCUT2D eigenvalue weighted by molar-refractivity contribution is -0.144. The van der Waals surface area contributed by atoms with Crippen LogP contribution in [0.3, 0.4) is 0 Å². The molecule has 2 aromatic carbocycles. The van der Waals surface area contributed by atoms with Gasteiger partial charge in [0.15, 0.2) is 14.6 Å². The number of pyridine rings is 1. The van der Waals surface area contributed by atoms with Gasteiger partial charge < -0.3 is 9.84 Å². The van der Waals surface area contributed by atoms with Crippen molar-refractivity contribution in [2.75, 3.05) is 7.11 Å². The van der Waals surface area contributed by atoms with E-state index in [2.05, 4.69) is 4.98 Å². The second-order valence-corrected chi connectivity index (χ2v) is 10.2. The highest BCUT2D eigenvalue weighted by atomic mass is 32.2. The topological polar surface area (TPSA) is 93.6 Å². The Labute approximate surface area is 181 Å². The Morgan fingerprint density at radius 3 is 2.39 bits per heavy atom. The monoisotopic (exact) mass is 439 g/mol. The summed E-state index contributed by atoms with van der Waals surface area (Å²) in [7, 11) is -2.71. The molecule has 1 N–H and O–H groups in total. The number of methoxy groups -OCH3 is 1. The Balaban J connectivity index is 1.69. The minimum Gasteiger partial charge on any atom is -0.468 e. The molecule has 0 amide bonds. The molecule has 4 rings (SSSR count). The van der Waals surface area contributed by atoms with Gasteiger partial charge in [-0.3, -0.25) is 9.78 Å². The molecular weight excluding hydrogens is 414 g/mol. The fourth-order valence-corrected chi connectivity index (χ4v) is 6.56. The summed E-state index contributed by atoms with van der Waals surface area (Å²) in [6, 6.07) is 15.4. The predicted octanol–water partition coefficient (Wildman–Crippen LogP) is 3.97. The zero-order valence-corrected chi connectivity index (χ0v) is 18.1. The molecule has 0 spiro atoms. The van der Waals surface area contributed by atoms with Crippen molar-refractivity contribution in [1.29, 1.82) is 0 Å². The first-order valence-corrected chi connectivity index (χ1v) is 11.8. The average Bonchev–Trinajstić information content (AvgIpc) is 2.83. The van der Waals surface area contributed by atoms with Crippen molar-refractivity contribution in [1.82, 2.24) is 4.98 Å². The van der Waals surface area contributed by atoms with Crippen LogP contribution in [0.1, 0.15) is 49.3 Å². The van der Waals surface area contributed by atoms with Crippen LogP contribution in [0.15, 0.2) is 65.7 Å². The van der Waals surface area contributed by atoms with Gasteiger partial charge in [0, 0.05) is 11.6 Å². The molecule has 0 radical (unpaired) electrons. The number of ether oxygens (including phenoxy) is 1. The summed E-state index contributed by atoms with van der Waals surface area (Å²) in [5.41, 5.74) is 2.03. The number of nitrogens with zero attached hydrogens (tertiary/aromatic N) is 1. The van der Waals surface area contributed by atoms with Crippen molar-refractivity contribution in [2.24, 2.45) is 0 Å². The van der Waals surface area contributed by atoms with Gasteiger partial charge in [-0.15, -0.1) is 0 Å². The molecule has 0 aliphatic heterocycles. The van der Waals surface area contributed by atoms with Crippen LogP contribution in [0.5, 0.6) is 0 Å². The van der Waals surface area contributed by atoms with Gasteiger partial charge in [-0.1, -0.05) is 49.6 Å². The highest BCUT2D eigenvalue weighted by molar-refractivity contribution is 7.93. The number of aliphatic hydroxyl groups excluding tert-OH is 1. The van der Waals surface area contributed by atoms with Crippen molar-refractivity contribution in [3.63, 3.8) is 0 Å². The molecule has 31 heavy (non-hydrogen) atoms. The van der Waals surface area contributed by atoms with E-state index in [1.807, 2.05) is 24.3 Å². The molecule has 0 bridgehead atoms. The fraction of sp³-hybridized carbons (Fsp3) is 0.333. The van der Waals surface area contributed by atoms with Crippen molar-refractivity contribution in [3.05, 3.63) is 71.9 Å². The van der Waals surface area contributed by atoms with Crippen molar-refractivity contribution < 1.29 is 23.1 Å². The van der Waals surface area contributed by atoms with E-state index in [0.29, 0.717) is 24.0 Å². The summed E-state index contributed by atoms with van der Waals surface area (Å²) in [4.78, 5) is 16.9. The van der Waals surface area contributed by atoms with Crippen LogP contribution in [0.4, 0.5) is 0 Å². The number of para-hydroxylation sites is 1. The van der Waals surface area contributed by atoms with Crippen LogP contribution in [0, 0.1) is 0 Å². The van der Waals surface area contributed by atoms with Gasteiger partial charge in [-0.25, -0.2) is 8.42 Å².